The van der Waals surface area contributed by atoms with E-state index < -0.39 is 22.0 Å². The van der Waals surface area contributed by atoms with Crippen LogP contribution in [0.2, 0.25) is 0 Å². The topological polar surface area (TPSA) is 109 Å². The number of esters is 1. The summed E-state index contributed by atoms with van der Waals surface area (Å²) in [5.74, 6) is -1.07. The second-order valence-corrected chi connectivity index (χ2v) is 8.01. The fourth-order valence-corrected chi connectivity index (χ4v) is 4.82. The van der Waals surface area contributed by atoms with E-state index >= 15 is 0 Å². The molecule has 1 aromatic heterocycles. The lowest BCUT2D eigenvalue weighted by molar-refractivity contribution is -0.135. The molecule has 1 unspecified atom stereocenters. The van der Waals surface area contributed by atoms with E-state index in [2.05, 4.69) is 5.32 Å². The van der Waals surface area contributed by atoms with Crippen molar-refractivity contribution in [3.05, 3.63) is 17.9 Å². The van der Waals surface area contributed by atoms with Gasteiger partial charge in [-0.15, -0.1) is 12.4 Å². The van der Waals surface area contributed by atoms with Crippen LogP contribution in [0.5, 0.6) is 0 Å². The second-order valence-electron chi connectivity index (χ2n) is 6.19. The van der Waals surface area contributed by atoms with E-state index in [1.807, 2.05) is 0 Å². The van der Waals surface area contributed by atoms with Crippen molar-refractivity contribution in [3.63, 3.8) is 0 Å². The van der Waals surface area contributed by atoms with E-state index in [9.17, 15) is 18.0 Å². The minimum atomic E-state index is -4.00. The summed E-state index contributed by atoms with van der Waals surface area (Å²) in [6.07, 6.45) is 1.08. The average molecular weight is 422 g/mol. The summed E-state index contributed by atoms with van der Waals surface area (Å²) in [6, 6.07) is 1.77. The molecule has 1 N–H and O–H groups in total. The third kappa shape index (κ3) is 4.45. The highest BCUT2D eigenvalue weighted by atomic mass is 35.5. The summed E-state index contributed by atoms with van der Waals surface area (Å²) in [6.45, 7) is 4.59. The van der Waals surface area contributed by atoms with E-state index in [0.29, 0.717) is 39.0 Å². The molecule has 11 heteroatoms. The molecule has 0 radical (unpaired) electrons. The molecule has 3 rings (SSSR count). The molecule has 27 heavy (non-hydrogen) atoms. The van der Waals surface area contributed by atoms with Gasteiger partial charge in [0.1, 0.15) is 6.04 Å². The van der Waals surface area contributed by atoms with Crippen LogP contribution in [-0.2, 0) is 19.6 Å². The van der Waals surface area contributed by atoms with Gasteiger partial charge in [-0.3, -0.25) is 4.79 Å². The standard InChI is InChI=1S/C16H23N3O6S.ClH/c1-2-24-16(21)13-5-6-14(25-13)26(22,23)19-9-3-4-12(19)15(20)18-10-7-17-8-11-18;/h5-6,12,17H,2-4,7-11H2,1H3;1H. The molecule has 1 atom stereocenters. The Kier molecular flexibility index (Phi) is 7.26. The Morgan fingerprint density at radius 1 is 1.26 bits per heavy atom. The first-order valence-corrected chi connectivity index (χ1v) is 10.2. The van der Waals surface area contributed by atoms with Gasteiger partial charge in [0.2, 0.25) is 16.8 Å². The van der Waals surface area contributed by atoms with Gasteiger partial charge in [0.15, 0.2) is 0 Å². The highest BCUT2D eigenvalue weighted by molar-refractivity contribution is 7.89. The monoisotopic (exact) mass is 421 g/mol. The van der Waals surface area contributed by atoms with Crippen LogP contribution in [-0.4, -0.2) is 74.9 Å². The summed E-state index contributed by atoms with van der Waals surface area (Å²) in [7, 11) is -4.00. The summed E-state index contributed by atoms with van der Waals surface area (Å²) in [4.78, 5) is 26.2. The van der Waals surface area contributed by atoms with Crippen molar-refractivity contribution in [2.75, 3.05) is 39.3 Å². The molecule has 152 valence electrons. The second kappa shape index (κ2) is 9.05. The maximum absolute atomic E-state index is 12.9. The summed E-state index contributed by atoms with van der Waals surface area (Å²) < 4.78 is 37.1. The van der Waals surface area contributed by atoms with Gasteiger partial charge in [-0.25, -0.2) is 13.2 Å². The van der Waals surface area contributed by atoms with Gasteiger partial charge in [-0.1, -0.05) is 0 Å². The normalized spacial score (nSPS) is 20.9. The molecule has 0 aromatic carbocycles. The molecule has 1 amide bonds. The zero-order valence-electron chi connectivity index (χ0n) is 15.0. The third-order valence-corrected chi connectivity index (χ3v) is 6.32. The van der Waals surface area contributed by atoms with Crippen molar-refractivity contribution in [1.82, 2.24) is 14.5 Å². The average Bonchev–Trinajstić information content (AvgIpc) is 3.32. The predicted octanol–water partition coefficient (Wildman–Crippen LogP) is 0.463. The van der Waals surface area contributed by atoms with Gasteiger partial charge in [0.05, 0.1) is 6.61 Å². The number of amides is 1. The lowest BCUT2D eigenvalue weighted by Gasteiger charge is -2.32. The molecule has 2 saturated heterocycles. The Balaban J connectivity index is 0.00000261. The molecule has 3 heterocycles. The fraction of sp³-hybridized carbons (Fsp3) is 0.625. The van der Waals surface area contributed by atoms with E-state index in [-0.39, 0.29) is 42.3 Å². The van der Waals surface area contributed by atoms with Gasteiger partial charge >= 0.3 is 5.97 Å². The number of carbonyl (C=O) groups excluding carboxylic acids is 2. The van der Waals surface area contributed by atoms with Crippen molar-refractivity contribution in [2.24, 2.45) is 0 Å². The lowest BCUT2D eigenvalue weighted by atomic mass is 10.2. The number of nitrogens with zero attached hydrogens (tertiary/aromatic N) is 2. The number of nitrogens with one attached hydrogen (secondary N) is 1. The van der Waals surface area contributed by atoms with Crippen molar-refractivity contribution < 1.29 is 27.2 Å². The number of sulfonamides is 1. The zero-order chi connectivity index (χ0) is 18.7. The van der Waals surface area contributed by atoms with Gasteiger partial charge < -0.3 is 19.4 Å². The van der Waals surface area contributed by atoms with Crippen LogP contribution in [0.3, 0.4) is 0 Å². The van der Waals surface area contributed by atoms with Crippen molar-refractivity contribution in [2.45, 2.75) is 30.9 Å². The predicted molar refractivity (Wildman–Crippen MR) is 98.3 cm³/mol. The number of piperazine rings is 1. The highest BCUT2D eigenvalue weighted by Crippen LogP contribution is 2.28. The molecule has 2 fully saturated rings. The number of carbonyl (C=O) groups is 2. The highest BCUT2D eigenvalue weighted by Gasteiger charge is 2.42. The van der Waals surface area contributed by atoms with Crippen molar-refractivity contribution >= 4 is 34.3 Å². The lowest BCUT2D eigenvalue weighted by Crippen LogP contribution is -2.53. The molecular weight excluding hydrogens is 398 g/mol. The van der Waals surface area contributed by atoms with Crippen molar-refractivity contribution in [1.29, 1.82) is 0 Å². The fourth-order valence-electron chi connectivity index (χ4n) is 3.26. The van der Waals surface area contributed by atoms with Gasteiger partial charge in [0, 0.05) is 32.7 Å². The van der Waals surface area contributed by atoms with Crippen LogP contribution < -0.4 is 5.32 Å². The van der Waals surface area contributed by atoms with Crippen LogP contribution in [0, 0.1) is 0 Å². The summed E-state index contributed by atoms with van der Waals surface area (Å²) in [5.41, 5.74) is 0. The van der Waals surface area contributed by atoms with Gasteiger partial charge in [-0.05, 0) is 31.9 Å². The Labute approximate surface area is 164 Å². The van der Waals surface area contributed by atoms with Crippen molar-refractivity contribution in [3.8, 4) is 0 Å². The molecule has 2 aliphatic heterocycles. The van der Waals surface area contributed by atoms with E-state index in [1.54, 1.807) is 11.8 Å². The smallest absolute Gasteiger partial charge is 0.374 e. The Morgan fingerprint density at radius 3 is 2.63 bits per heavy atom. The summed E-state index contributed by atoms with van der Waals surface area (Å²) >= 11 is 0. The minimum Gasteiger partial charge on any atom is -0.460 e. The minimum absolute atomic E-state index is 0. The molecular formula is C16H24ClN3O6S. The Morgan fingerprint density at radius 2 is 1.96 bits per heavy atom. The van der Waals surface area contributed by atoms with Gasteiger partial charge in [0.25, 0.3) is 10.0 Å². The van der Waals surface area contributed by atoms with Crippen LogP contribution in [0.15, 0.2) is 21.6 Å². The first-order valence-electron chi connectivity index (χ1n) is 8.73. The third-order valence-electron chi connectivity index (χ3n) is 4.54. The molecule has 0 aliphatic carbocycles. The first-order chi connectivity index (χ1) is 12.4. The number of hydrogen-bond donors (Lipinski definition) is 1. The summed E-state index contributed by atoms with van der Waals surface area (Å²) in [5, 5.41) is 2.82. The maximum Gasteiger partial charge on any atom is 0.374 e. The maximum atomic E-state index is 12.9. The zero-order valence-corrected chi connectivity index (χ0v) is 16.7. The van der Waals surface area contributed by atoms with E-state index in [4.69, 9.17) is 9.15 Å². The molecule has 9 nitrogen and oxygen atoms in total. The number of halogens is 1. The number of hydrogen-bond acceptors (Lipinski definition) is 7. The quantitative estimate of drug-likeness (QED) is 0.688. The molecule has 0 saturated carbocycles. The van der Waals surface area contributed by atoms with Crippen LogP contribution in [0.25, 0.3) is 0 Å². The Hall–Kier alpha value is -1.62. The number of ether oxygens (including phenoxy) is 1. The largest absolute Gasteiger partial charge is 0.460 e. The number of rotatable bonds is 5. The molecule has 0 bridgehead atoms. The molecule has 1 aromatic rings. The van der Waals surface area contributed by atoms with E-state index in [1.165, 1.54) is 16.4 Å². The SMILES string of the molecule is CCOC(=O)c1ccc(S(=O)(=O)N2CCCC2C(=O)N2CCNCC2)o1.Cl. The van der Waals surface area contributed by atoms with Gasteiger partial charge in [-0.2, -0.15) is 4.31 Å². The van der Waals surface area contributed by atoms with Crippen LogP contribution in [0.4, 0.5) is 0 Å². The first kappa shape index (κ1) is 21.7. The molecule has 0 spiro atoms. The van der Waals surface area contributed by atoms with E-state index in [0.717, 1.165) is 0 Å². The van der Waals surface area contributed by atoms with Crippen LogP contribution >= 0.6 is 12.4 Å². The molecule has 2 aliphatic rings. The number of furan rings is 1. The van der Waals surface area contributed by atoms with Crippen LogP contribution in [0.1, 0.15) is 30.3 Å². The Bertz CT molecular complexity index is 775.